The van der Waals surface area contributed by atoms with Gasteiger partial charge in [0.25, 0.3) is 5.91 Å². The Kier molecular flexibility index (Phi) is 6.34. The van der Waals surface area contributed by atoms with Crippen molar-refractivity contribution in [2.45, 2.75) is 26.9 Å². The molecular weight excluding hydrogens is 390 g/mol. The van der Waals surface area contributed by atoms with E-state index in [0.717, 1.165) is 14.9 Å². The Labute approximate surface area is 153 Å². The van der Waals surface area contributed by atoms with Crippen LogP contribution in [0.3, 0.4) is 0 Å². The van der Waals surface area contributed by atoms with E-state index in [0.29, 0.717) is 5.69 Å². The first kappa shape index (κ1) is 18.4. The van der Waals surface area contributed by atoms with Crippen LogP contribution in [0.4, 0.5) is 5.69 Å². The van der Waals surface area contributed by atoms with Crippen LogP contribution in [0, 0.1) is 13.8 Å². The van der Waals surface area contributed by atoms with Gasteiger partial charge in [0.1, 0.15) is 0 Å². The lowest BCUT2D eigenvalue weighted by atomic mass is 10.2. The van der Waals surface area contributed by atoms with E-state index in [1.807, 2.05) is 38.1 Å². The van der Waals surface area contributed by atoms with Crippen molar-refractivity contribution >= 4 is 50.9 Å². The molecular formula is C18H18BrNO3S. The van der Waals surface area contributed by atoms with Gasteiger partial charge in [-0.2, -0.15) is 0 Å². The Morgan fingerprint density at radius 3 is 2.62 bits per heavy atom. The summed E-state index contributed by atoms with van der Waals surface area (Å²) in [5, 5.41) is 2.73. The van der Waals surface area contributed by atoms with Gasteiger partial charge in [0.2, 0.25) is 0 Å². The van der Waals surface area contributed by atoms with Gasteiger partial charge in [-0.25, -0.2) is 4.79 Å². The molecule has 24 heavy (non-hydrogen) atoms. The molecule has 0 fully saturated rings. The van der Waals surface area contributed by atoms with Gasteiger partial charge >= 0.3 is 5.97 Å². The summed E-state index contributed by atoms with van der Waals surface area (Å²) in [4.78, 5) is 26.1. The van der Waals surface area contributed by atoms with Crippen molar-refractivity contribution in [1.29, 1.82) is 0 Å². The number of carbonyl (C=O) groups excluding carboxylic acids is 2. The molecule has 1 aromatic carbocycles. The molecule has 126 valence electrons. The summed E-state index contributed by atoms with van der Waals surface area (Å²) in [6, 6.07) is 9.49. The van der Waals surface area contributed by atoms with Crippen LogP contribution in [0.25, 0.3) is 6.08 Å². The van der Waals surface area contributed by atoms with Crippen molar-refractivity contribution in [3.05, 3.63) is 56.2 Å². The van der Waals surface area contributed by atoms with Gasteiger partial charge in [0.15, 0.2) is 6.10 Å². The smallest absolute Gasteiger partial charge is 0.331 e. The molecule has 0 spiro atoms. The number of hydrogen-bond donors (Lipinski definition) is 1. The summed E-state index contributed by atoms with van der Waals surface area (Å²) < 4.78 is 5.91. The molecule has 1 aromatic heterocycles. The number of hydrogen-bond acceptors (Lipinski definition) is 4. The molecule has 1 N–H and O–H groups in total. The number of aryl methyl sites for hydroxylation is 2. The number of rotatable bonds is 5. The third kappa shape index (κ3) is 5.32. The van der Waals surface area contributed by atoms with E-state index in [1.165, 1.54) is 11.0 Å². The number of nitrogens with one attached hydrogen (secondary N) is 1. The number of carbonyl (C=O) groups is 2. The second kappa shape index (κ2) is 8.26. The molecule has 2 aromatic rings. The van der Waals surface area contributed by atoms with Crippen LogP contribution >= 0.6 is 27.3 Å². The first-order chi connectivity index (χ1) is 11.3. The molecule has 1 heterocycles. The Bertz CT molecular complexity index is 782. The van der Waals surface area contributed by atoms with E-state index in [9.17, 15) is 9.59 Å². The Hall–Kier alpha value is -1.92. The van der Waals surface area contributed by atoms with Gasteiger partial charge < -0.3 is 10.1 Å². The third-order valence-corrected chi connectivity index (χ3v) is 4.81. The maximum atomic E-state index is 12.1. The zero-order chi connectivity index (χ0) is 17.7. The lowest BCUT2D eigenvalue weighted by Crippen LogP contribution is -2.29. The van der Waals surface area contributed by atoms with Gasteiger partial charge in [-0.15, -0.1) is 11.3 Å². The third-order valence-electron chi connectivity index (χ3n) is 3.19. The van der Waals surface area contributed by atoms with E-state index < -0.39 is 12.1 Å². The second-order valence-electron chi connectivity index (χ2n) is 5.33. The fourth-order valence-electron chi connectivity index (χ4n) is 1.92. The topological polar surface area (TPSA) is 55.4 Å². The zero-order valence-electron chi connectivity index (χ0n) is 13.6. The summed E-state index contributed by atoms with van der Waals surface area (Å²) in [5.74, 6) is -0.931. The zero-order valence-corrected chi connectivity index (χ0v) is 16.0. The number of esters is 1. The summed E-state index contributed by atoms with van der Waals surface area (Å²) in [5.41, 5.74) is 1.71. The summed E-state index contributed by atoms with van der Waals surface area (Å²) in [7, 11) is 0. The summed E-state index contributed by atoms with van der Waals surface area (Å²) >= 11 is 4.98. The van der Waals surface area contributed by atoms with Crippen molar-refractivity contribution in [3.63, 3.8) is 0 Å². The van der Waals surface area contributed by atoms with E-state index in [4.69, 9.17) is 4.74 Å². The van der Waals surface area contributed by atoms with Crippen LogP contribution in [-0.2, 0) is 14.3 Å². The molecule has 0 bridgehead atoms. The van der Waals surface area contributed by atoms with Gasteiger partial charge in [-0.3, -0.25) is 4.79 Å². The number of thiophene rings is 1. The van der Waals surface area contributed by atoms with Crippen LogP contribution in [0.2, 0.25) is 0 Å². The van der Waals surface area contributed by atoms with Gasteiger partial charge in [0.05, 0.1) is 5.69 Å². The predicted octanol–water partition coefficient (Wildman–Crippen LogP) is 4.71. The number of amides is 1. The summed E-state index contributed by atoms with van der Waals surface area (Å²) in [6.45, 7) is 5.50. The van der Waals surface area contributed by atoms with Crippen molar-refractivity contribution in [2.24, 2.45) is 0 Å². The predicted molar refractivity (Wildman–Crippen MR) is 101 cm³/mol. The molecule has 0 unspecified atom stereocenters. The molecule has 0 aliphatic carbocycles. The lowest BCUT2D eigenvalue weighted by molar-refractivity contribution is -0.148. The monoisotopic (exact) mass is 407 g/mol. The van der Waals surface area contributed by atoms with Crippen molar-refractivity contribution in [1.82, 2.24) is 0 Å². The minimum absolute atomic E-state index is 0.381. The molecule has 0 saturated carbocycles. The highest BCUT2D eigenvalue weighted by Gasteiger charge is 2.17. The normalized spacial score (nSPS) is 12.2. The fourth-order valence-corrected chi connectivity index (χ4v) is 3.29. The fraction of sp³-hybridized carbons (Fsp3) is 0.222. The molecule has 1 amide bonds. The number of ether oxygens (including phenoxy) is 1. The van der Waals surface area contributed by atoms with E-state index in [-0.39, 0.29) is 5.91 Å². The summed E-state index contributed by atoms with van der Waals surface area (Å²) in [6.07, 6.45) is 2.12. The van der Waals surface area contributed by atoms with Crippen LogP contribution in [0.15, 0.2) is 40.9 Å². The Balaban J connectivity index is 1.90. The van der Waals surface area contributed by atoms with Crippen molar-refractivity contribution in [2.75, 3.05) is 5.32 Å². The number of anilines is 1. The number of benzene rings is 1. The highest BCUT2D eigenvalue weighted by Crippen LogP contribution is 2.23. The van der Waals surface area contributed by atoms with Crippen LogP contribution < -0.4 is 5.32 Å². The van der Waals surface area contributed by atoms with Gasteiger partial charge in [-0.1, -0.05) is 6.07 Å². The van der Waals surface area contributed by atoms with Gasteiger partial charge in [0, 0.05) is 20.3 Å². The highest BCUT2D eigenvalue weighted by atomic mass is 79.9. The molecule has 2 rings (SSSR count). The average molecular weight is 408 g/mol. The van der Waals surface area contributed by atoms with Crippen LogP contribution in [-0.4, -0.2) is 18.0 Å². The lowest BCUT2D eigenvalue weighted by Gasteiger charge is -2.13. The molecule has 6 heteroatoms. The minimum Gasteiger partial charge on any atom is -0.449 e. The minimum atomic E-state index is -0.888. The van der Waals surface area contributed by atoms with E-state index in [2.05, 4.69) is 21.2 Å². The largest absolute Gasteiger partial charge is 0.449 e. The van der Waals surface area contributed by atoms with Crippen LogP contribution in [0.1, 0.15) is 22.2 Å². The maximum Gasteiger partial charge on any atom is 0.331 e. The molecule has 0 aliphatic heterocycles. The average Bonchev–Trinajstić information content (AvgIpc) is 2.93. The van der Waals surface area contributed by atoms with Crippen LogP contribution in [0.5, 0.6) is 0 Å². The standard InChI is InChI=1S/C18H18BrNO3S/c1-11-4-8-16(15(19)10-11)20-18(22)13(3)23-17(21)9-7-14-6-5-12(2)24-14/h4-10,13H,1-3H3,(H,20,22)/b9-7+/t13-/m1/s1. The molecule has 0 saturated heterocycles. The molecule has 0 aliphatic rings. The maximum absolute atomic E-state index is 12.1. The highest BCUT2D eigenvalue weighted by molar-refractivity contribution is 9.10. The van der Waals surface area contributed by atoms with Crippen molar-refractivity contribution in [3.8, 4) is 0 Å². The number of halogens is 1. The van der Waals surface area contributed by atoms with E-state index in [1.54, 1.807) is 30.4 Å². The molecule has 4 nitrogen and oxygen atoms in total. The molecule has 0 radical (unpaired) electrons. The Morgan fingerprint density at radius 2 is 2.00 bits per heavy atom. The first-order valence-electron chi connectivity index (χ1n) is 7.37. The SMILES string of the molecule is Cc1ccc(NC(=O)[C@@H](C)OC(=O)/C=C/c2ccc(C)s2)c(Br)c1. The quantitative estimate of drug-likeness (QED) is 0.576. The molecule has 1 atom stereocenters. The first-order valence-corrected chi connectivity index (χ1v) is 8.98. The Morgan fingerprint density at radius 1 is 1.25 bits per heavy atom. The van der Waals surface area contributed by atoms with E-state index >= 15 is 0 Å². The second-order valence-corrected chi connectivity index (χ2v) is 7.51. The van der Waals surface area contributed by atoms with Gasteiger partial charge in [-0.05, 0) is 72.6 Å². The van der Waals surface area contributed by atoms with Crippen molar-refractivity contribution < 1.29 is 14.3 Å².